The number of fused-ring (bicyclic) bond motifs is 1. The largest absolute Gasteiger partial charge is 0.374 e. The molecule has 0 atom stereocenters. The molecule has 2 heterocycles. The molecule has 2 aromatic carbocycles. The maximum absolute atomic E-state index is 12.9. The third-order valence-corrected chi connectivity index (χ3v) is 6.99. The summed E-state index contributed by atoms with van der Waals surface area (Å²) in [6.07, 6.45) is 9.05. The van der Waals surface area contributed by atoms with E-state index in [0.29, 0.717) is 18.1 Å². The van der Waals surface area contributed by atoms with Crippen molar-refractivity contribution in [2.75, 3.05) is 31.6 Å². The number of hydrogen-bond donors (Lipinski definition) is 0. The maximum atomic E-state index is 12.9. The molecule has 0 N–H and O–H groups in total. The first-order valence-electron chi connectivity index (χ1n) is 11.8. The SMILES string of the molecule is CN1CCCCCc2cc(C(=O)CCC3CCN(Cc4ccccc4)CC3)ccc21. The molecule has 0 aromatic heterocycles. The molecular weight excluding hydrogens is 368 g/mol. The zero-order valence-electron chi connectivity index (χ0n) is 18.5. The summed E-state index contributed by atoms with van der Waals surface area (Å²) < 4.78 is 0. The van der Waals surface area contributed by atoms with E-state index in [-0.39, 0.29) is 0 Å². The summed E-state index contributed by atoms with van der Waals surface area (Å²) in [4.78, 5) is 17.8. The minimum Gasteiger partial charge on any atom is -0.374 e. The smallest absolute Gasteiger partial charge is 0.162 e. The van der Waals surface area contributed by atoms with Crippen molar-refractivity contribution in [1.29, 1.82) is 0 Å². The number of ketones is 1. The first-order chi connectivity index (χ1) is 14.7. The monoisotopic (exact) mass is 404 g/mol. The van der Waals surface area contributed by atoms with Crippen molar-refractivity contribution >= 4 is 11.5 Å². The van der Waals surface area contributed by atoms with Gasteiger partial charge in [-0.3, -0.25) is 9.69 Å². The molecule has 1 fully saturated rings. The van der Waals surface area contributed by atoms with Crippen LogP contribution in [0.15, 0.2) is 48.5 Å². The Morgan fingerprint density at radius 1 is 0.967 bits per heavy atom. The molecule has 3 heteroatoms. The lowest BCUT2D eigenvalue weighted by molar-refractivity contribution is 0.0961. The van der Waals surface area contributed by atoms with Crippen LogP contribution in [-0.2, 0) is 13.0 Å². The second kappa shape index (κ2) is 10.3. The highest BCUT2D eigenvalue weighted by molar-refractivity contribution is 5.96. The Morgan fingerprint density at radius 2 is 1.77 bits per heavy atom. The Bertz CT molecular complexity index is 824. The van der Waals surface area contributed by atoms with E-state index in [0.717, 1.165) is 44.6 Å². The number of hydrogen-bond acceptors (Lipinski definition) is 3. The van der Waals surface area contributed by atoms with Gasteiger partial charge in [-0.2, -0.15) is 0 Å². The lowest BCUT2D eigenvalue weighted by atomic mass is 9.89. The Morgan fingerprint density at radius 3 is 2.57 bits per heavy atom. The van der Waals surface area contributed by atoms with Gasteiger partial charge in [0.1, 0.15) is 0 Å². The summed E-state index contributed by atoms with van der Waals surface area (Å²) in [6.45, 7) is 4.47. The lowest BCUT2D eigenvalue weighted by Crippen LogP contribution is -2.33. The Balaban J connectivity index is 1.26. The summed E-state index contributed by atoms with van der Waals surface area (Å²) in [6, 6.07) is 17.2. The fourth-order valence-electron chi connectivity index (χ4n) is 5.05. The van der Waals surface area contributed by atoms with E-state index >= 15 is 0 Å². The molecule has 0 spiro atoms. The van der Waals surface area contributed by atoms with Gasteiger partial charge in [0.15, 0.2) is 5.78 Å². The van der Waals surface area contributed by atoms with Crippen LogP contribution in [0, 0.1) is 5.92 Å². The molecule has 1 saturated heterocycles. The van der Waals surface area contributed by atoms with Gasteiger partial charge in [-0.1, -0.05) is 36.8 Å². The number of likely N-dealkylation sites (tertiary alicyclic amines) is 1. The summed E-state index contributed by atoms with van der Waals surface area (Å²) in [5.74, 6) is 1.02. The van der Waals surface area contributed by atoms with Crippen molar-refractivity contribution in [3.05, 3.63) is 65.2 Å². The van der Waals surface area contributed by atoms with Crippen molar-refractivity contribution in [2.24, 2.45) is 5.92 Å². The van der Waals surface area contributed by atoms with E-state index in [9.17, 15) is 4.79 Å². The first-order valence-corrected chi connectivity index (χ1v) is 11.8. The third kappa shape index (κ3) is 5.51. The molecule has 0 unspecified atom stereocenters. The average Bonchev–Trinajstić information content (AvgIpc) is 2.77. The van der Waals surface area contributed by atoms with Crippen LogP contribution < -0.4 is 4.90 Å². The number of anilines is 1. The molecule has 2 aromatic rings. The molecule has 0 radical (unpaired) electrons. The van der Waals surface area contributed by atoms with Crippen LogP contribution in [0.1, 0.15) is 66.4 Å². The summed E-state index contributed by atoms with van der Waals surface area (Å²) in [7, 11) is 2.18. The van der Waals surface area contributed by atoms with Crippen LogP contribution in [0.5, 0.6) is 0 Å². The van der Waals surface area contributed by atoms with E-state index in [1.165, 1.54) is 48.9 Å². The fourth-order valence-corrected chi connectivity index (χ4v) is 5.05. The van der Waals surface area contributed by atoms with Crippen molar-refractivity contribution in [2.45, 2.75) is 57.9 Å². The number of carbonyl (C=O) groups is 1. The fraction of sp³-hybridized carbons (Fsp3) is 0.519. The number of rotatable bonds is 6. The van der Waals surface area contributed by atoms with Crippen LogP contribution in [0.4, 0.5) is 5.69 Å². The lowest BCUT2D eigenvalue weighted by Gasteiger charge is -2.32. The normalized spacial score (nSPS) is 18.5. The van der Waals surface area contributed by atoms with Crippen LogP contribution in [0.3, 0.4) is 0 Å². The zero-order chi connectivity index (χ0) is 20.8. The molecule has 3 nitrogen and oxygen atoms in total. The zero-order valence-corrected chi connectivity index (χ0v) is 18.5. The molecule has 4 rings (SSSR count). The van der Waals surface area contributed by atoms with Crippen LogP contribution >= 0.6 is 0 Å². The number of Topliss-reactive ketones (excluding diaryl/α,β-unsaturated/α-hetero) is 1. The minimum absolute atomic E-state index is 0.328. The molecule has 2 aliphatic rings. The van der Waals surface area contributed by atoms with Gasteiger partial charge >= 0.3 is 0 Å². The summed E-state index contributed by atoms with van der Waals surface area (Å²) >= 11 is 0. The van der Waals surface area contributed by atoms with Crippen LogP contribution in [-0.4, -0.2) is 37.4 Å². The number of nitrogens with zero attached hydrogens (tertiary/aromatic N) is 2. The van der Waals surface area contributed by atoms with Gasteiger partial charge in [-0.05, 0) is 86.9 Å². The topological polar surface area (TPSA) is 23.6 Å². The molecule has 30 heavy (non-hydrogen) atoms. The Hall–Kier alpha value is -2.13. The van der Waals surface area contributed by atoms with E-state index in [2.05, 4.69) is 65.4 Å². The van der Waals surface area contributed by atoms with Crippen molar-refractivity contribution in [3.8, 4) is 0 Å². The van der Waals surface area contributed by atoms with Gasteiger partial charge in [0, 0.05) is 37.8 Å². The highest BCUT2D eigenvalue weighted by Crippen LogP contribution is 2.28. The summed E-state index contributed by atoms with van der Waals surface area (Å²) in [5, 5.41) is 0. The van der Waals surface area contributed by atoms with Crippen molar-refractivity contribution < 1.29 is 4.79 Å². The molecule has 160 valence electrons. The first kappa shape index (κ1) is 21.1. The van der Waals surface area contributed by atoms with Gasteiger partial charge < -0.3 is 4.90 Å². The van der Waals surface area contributed by atoms with Gasteiger partial charge in [0.05, 0.1) is 0 Å². The predicted octanol–water partition coefficient (Wildman–Crippen LogP) is 5.72. The van der Waals surface area contributed by atoms with Gasteiger partial charge in [0.2, 0.25) is 0 Å². The molecule has 0 saturated carbocycles. The van der Waals surface area contributed by atoms with Crippen molar-refractivity contribution in [3.63, 3.8) is 0 Å². The molecule has 0 bridgehead atoms. The molecule has 0 amide bonds. The highest BCUT2D eigenvalue weighted by atomic mass is 16.1. The molecule has 0 aliphatic carbocycles. The molecular formula is C27H36N2O. The van der Waals surface area contributed by atoms with Crippen LogP contribution in [0.25, 0.3) is 0 Å². The van der Waals surface area contributed by atoms with E-state index < -0.39 is 0 Å². The quantitative estimate of drug-likeness (QED) is 0.575. The standard InChI is InChI=1S/C27H36N2O/c1-28-17-7-3-6-10-24-20-25(12-13-26(24)28)27(30)14-11-22-15-18-29(19-16-22)21-23-8-4-2-5-9-23/h2,4-5,8-9,12-13,20,22H,3,6-7,10-11,14-19,21H2,1H3. The minimum atomic E-state index is 0.328. The van der Waals surface area contributed by atoms with E-state index in [1.807, 2.05) is 0 Å². The van der Waals surface area contributed by atoms with Crippen LogP contribution in [0.2, 0.25) is 0 Å². The Labute approximate surface area is 182 Å². The summed E-state index contributed by atoms with van der Waals surface area (Å²) in [5.41, 5.74) is 4.99. The molecule has 2 aliphatic heterocycles. The number of benzene rings is 2. The van der Waals surface area contributed by atoms with Gasteiger partial charge in [-0.25, -0.2) is 0 Å². The van der Waals surface area contributed by atoms with E-state index in [1.54, 1.807) is 0 Å². The third-order valence-electron chi connectivity index (χ3n) is 6.99. The average molecular weight is 405 g/mol. The van der Waals surface area contributed by atoms with Gasteiger partial charge in [-0.15, -0.1) is 0 Å². The number of aryl methyl sites for hydroxylation is 1. The van der Waals surface area contributed by atoms with Crippen molar-refractivity contribution in [1.82, 2.24) is 4.90 Å². The number of piperidine rings is 1. The Kier molecular flexibility index (Phi) is 7.22. The maximum Gasteiger partial charge on any atom is 0.162 e. The van der Waals surface area contributed by atoms with E-state index in [4.69, 9.17) is 0 Å². The second-order valence-electron chi connectivity index (χ2n) is 9.24. The second-order valence-corrected chi connectivity index (χ2v) is 9.24. The van der Waals surface area contributed by atoms with Gasteiger partial charge in [0.25, 0.3) is 0 Å². The predicted molar refractivity (Wildman–Crippen MR) is 125 cm³/mol. The highest BCUT2D eigenvalue weighted by Gasteiger charge is 2.21. The number of carbonyl (C=O) groups excluding carboxylic acids is 1.